The van der Waals surface area contributed by atoms with E-state index in [-0.39, 0.29) is 5.15 Å². The molecule has 0 saturated carbocycles. The van der Waals surface area contributed by atoms with E-state index in [0.717, 1.165) is 10.6 Å². The lowest BCUT2D eigenvalue weighted by atomic mass is 10.5. The van der Waals surface area contributed by atoms with Crippen molar-refractivity contribution in [3.8, 4) is 0 Å². The van der Waals surface area contributed by atoms with Crippen LogP contribution in [0.15, 0.2) is 28.4 Å². The van der Waals surface area contributed by atoms with Crippen molar-refractivity contribution in [2.45, 2.75) is 16.8 Å². The Kier molecular flexibility index (Phi) is 3.71. The van der Waals surface area contributed by atoms with Crippen LogP contribution >= 0.6 is 35.0 Å². The van der Waals surface area contributed by atoms with Gasteiger partial charge in [-0.25, -0.2) is 15.0 Å². The van der Waals surface area contributed by atoms with Gasteiger partial charge in [0.05, 0.1) is 10.7 Å². The summed E-state index contributed by atoms with van der Waals surface area (Å²) in [4.78, 5) is 12.9. The molecule has 7 heteroatoms. The molecule has 2 rings (SSSR count). The number of nitrogens with two attached hydrogens (primary N) is 1. The topological polar surface area (TPSA) is 64.7 Å². The van der Waals surface area contributed by atoms with Crippen LogP contribution in [-0.2, 0) is 0 Å². The first-order chi connectivity index (χ1) is 8.08. The number of aryl methyl sites for hydroxylation is 1. The maximum absolute atomic E-state index is 6.02. The normalized spacial score (nSPS) is 10.5. The van der Waals surface area contributed by atoms with Gasteiger partial charge in [0.15, 0.2) is 5.82 Å². The Morgan fingerprint density at radius 3 is 2.76 bits per heavy atom. The molecule has 0 radical (unpaired) electrons. The molecule has 88 valence electrons. The van der Waals surface area contributed by atoms with Crippen LogP contribution in [0.4, 0.5) is 5.82 Å². The van der Waals surface area contributed by atoms with Crippen LogP contribution in [0.25, 0.3) is 0 Å². The highest BCUT2D eigenvalue weighted by Crippen LogP contribution is 2.36. The van der Waals surface area contributed by atoms with E-state index < -0.39 is 0 Å². The van der Waals surface area contributed by atoms with E-state index in [0.29, 0.717) is 15.9 Å². The van der Waals surface area contributed by atoms with E-state index in [1.54, 1.807) is 18.5 Å². The second-order valence-corrected chi connectivity index (χ2v) is 4.98. The van der Waals surface area contributed by atoms with Crippen LogP contribution in [-0.4, -0.2) is 15.0 Å². The fraction of sp³-hybridized carbons (Fsp3) is 0.100. The highest BCUT2D eigenvalue weighted by atomic mass is 35.5. The number of aromatic nitrogens is 3. The zero-order valence-electron chi connectivity index (χ0n) is 8.82. The Morgan fingerprint density at radius 1 is 1.29 bits per heavy atom. The highest BCUT2D eigenvalue weighted by molar-refractivity contribution is 7.99. The van der Waals surface area contributed by atoms with Gasteiger partial charge in [-0.3, -0.25) is 0 Å². The Labute approximate surface area is 113 Å². The molecule has 2 heterocycles. The molecule has 0 aliphatic carbocycles. The van der Waals surface area contributed by atoms with E-state index in [9.17, 15) is 0 Å². The summed E-state index contributed by atoms with van der Waals surface area (Å²) >= 11 is 13.2. The van der Waals surface area contributed by atoms with E-state index in [1.807, 2.05) is 6.92 Å². The number of anilines is 1. The Balaban J connectivity index is 2.35. The second kappa shape index (κ2) is 5.08. The Hall–Kier alpha value is -1.04. The van der Waals surface area contributed by atoms with Gasteiger partial charge in [0.1, 0.15) is 10.2 Å². The van der Waals surface area contributed by atoms with E-state index >= 15 is 0 Å². The predicted octanol–water partition coefficient (Wildman–Crippen LogP) is 3.22. The molecule has 0 spiro atoms. The fourth-order valence-corrected chi connectivity index (χ4v) is 2.37. The monoisotopic (exact) mass is 286 g/mol. The van der Waals surface area contributed by atoms with E-state index in [1.165, 1.54) is 11.8 Å². The second-order valence-electron chi connectivity index (χ2n) is 3.22. The summed E-state index contributed by atoms with van der Waals surface area (Å²) < 4.78 is 0. The van der Waals surface area contributed by atoms with Gasteiger partial charge >= 0.3 is 0 Å². The summed E-state index contributed by atoms with van der Waals surface area (Å²) in [7, 11) is 0. The van der Waals surface area contributed by atoms with Crippen molar-refractivity contribution >= 4 is 40.8 Å². The van der Waals surface area contributed by atoms with Crippen molar-refractivity contribution in [1.29, 1.82) is 0 Å². The van der Waals surface area contributed by atoms with E-state index in [2.05, 4.69) is 15.0 Å². The SMILES string of the molecule is Cc1cnc(Sc2ccnc(Cl)c2Cl)c(N)n1. The molecular weight excluding hydrogens is 279 g/mol. The van der Waals surface area contributed by atoms with Crippen LogP contribution in [0.2, 0.25) is 10.2 Å². The number of hydrogen-bond acceptors (Lipinski definition) is 5. The Morgan fingerprint density at radius 2 is 2.06 bits per heavy atom. The molecule has 0 bridgehead atoms. The fourth-order valence-electron chi connectivity index (χ4n) is 1.15. The van der Waals surface area contributed by atoms with Crippen molar-refractivity contribution in [3.63, 3.8) is 0 Å². The number of pyridine rings is 1. The summed E-state index contributed by atoms with van der Waals surface area (Å²) in [6.45, 7) is 1.83. The average molecular weight is 287 g/mol. The maximum atomic E-state index is 6.02. The number of halogens is 2. The first kappa shape index (κ1) is 12.4. The zero-order chi connectivity index (χ0) is 12.4. The molecule has 0 fully saturated rings. The lowest BCUT2D eigenvalue weighted by molar-refractivity contribution is 1.02. The van der Waals surface area contributed by atoms with Crippen LogP contribution in [0.3, 0.4) is 0 Å². The molecule has 0 saturated heterocycles. The van der Waals surface area contributed by atoms with Gasteiger partial charge < -0.3 is 5.73 Å². The van der Waals surface area contributed by atoms with Gasteiger partial charge in [-0.05, 0) is 13.0 Å². The molecule has 0 unspecified atom stereocenters. The molecule has 2 aromatic heterocycles. The third-order valence-electron chi connectivity index (χ3n) is 1.90. The summed E-state index contributed by atoms with van der Waals surface area (Å²) in [6, 6.07) is 1.75. The molecule has 17 heavy (non-hydrogen) atoms. The maximum Gasteiger partial charge on any atom is 0.156 e. The van der Waals surface area contributed by atoms with Gasteiger partial charge in [-0.15, -0.1) is 0 Å². The molecule has 0 aromatic carbocycles. The molecule has 0 aliphatic heterocycles. The number of nitrogens with zero attached hydrogens (tertiary/aromatic N) is 3. The van der Waals surface area contributed by atoms with Crippen LogP contribution in [0.1, 0.15) is 5.69 Å². The quantitative estimate of drug-likeness (QED) is 0.859. The van der Waals surface area contributed by atoms with Crippen molar-refractivity contribution in [3.05, 3.63) is 34.3 Å². The standard InChI is InChI=1S/C10H8Cl2N4S/c1-5-4-15-10(9(13)16-5)17-6-2-3-14-8(12)7(6)11/h2-4H,1H3,(H2,13,16). The third-order valence-corrected chi connectivity index (χ3v) is 3.85. The number of hydrogen-bond donors (Lipinski definition) is 1. The summed E-state index contributed by atoms with van der Waals surface area (Å²) in [5, 5.41) is 1.25. The van der Waals surface area contributed by atoms with Gasteiger partial charge in [0, 0.05) is 17.3 Å². The summed E-state index contributed by atoms with van der Waals surface area (Å²) in [6.07, 6.45) is 3.23. The molecule has 2 N–H and O–H groups in total. The molecule has 4 nitrogen and oxygen atoms in total. The molecular formula is C10H8Cl2N4S. The largest absolute Gasteiger partial charge is 0.381 e. The third kappa shape index (κ3) is 2.80. The smallest absolute Gasteiger partial charge is 0.156 e. The first-order valence-corrected chi connectivity index (χ1v) is 6.22. The van der Waals surface area contributed by atoms with Crippen molar-refractivity contribution in [2.24, 2.45) is 0 Å². The van der Waals surface area contributed by atoms with Crippen LogP contribution in [0, 0.1) is 6.92 Å². The average Bonchev–Trinajstić information content (AvgIpc) is 2.28. The molecule has 0 aliphatic rings. The Bertz CT molecular complexity index is 562. The van der Waals surface area contributed by atoms with Gasteiger partial charge in [0.25, 0.3) is 0 Å². The zero-order valence-corrected chi connectivity index (χ0v) is 11.1. The molecule has 2 aromatic rings. The number of nitrogen functional groups attached to an aromatic ring is 1. The number of rotatable bonds is 2. The van der Waals surface area contributed by atoms with Gasteiger partial charge in [-0.2, -0.15) is 0 Å². The van der Waals surface area contributed by atoms with Crippen molar-refractivity contribution in [2.75, 3.05) is 5.73 Å². The van der Waals surface area contributed by atoms with Gasteiger partial charge in [-0.1, -0.05) is 35.0 Å². The highest BCUT2D eigenvalue weighted by Gasteiger charge is 2.10. The predicted molar refractivity (Wildman–Crippen MR) is 69.6 cm³/mol. The lowest BCUT2D eigenvalue weighted by Crippen LogP contribution is -1.97. The van der Waals surface area contributed by atoms with Crippen LogP contribution in [0.5, 0.6) is 0 Å². The molecule has 0 atom stereocenters. The minimum absolute atomic E-state index is 0.260. The summed E-state index contributed by atoms with van der Waals surface area (Å²) in [5.74, 6) is 0.374. The van der Waals surface area contributed by atoms with Gasteiger partial charge in [0.2, 0.25) is 0 Å². The van der Waals surface area contributed by atoms with E-state index in [4.69, 9.17) is 28.9 Å². The first-order valence-electron chi connectivity index (χ1n) is 4.65. The lowest BCUT2D eigenvalue weighted by Gasteiger charge is -2.06. The van der Waals surface area contributed by atoms with Crippen molar-refractivity contribution < 1.29 is 0 Å². The minimum Gasteiger partial charge on any atom is -0.381 e. The molecule has 0 amide bonds. The van der Waals surface area contributed by atoms with Crippen LogP contribution < -0.4 is 5.73 Å². The minimum atomic E-state index is 0.260. The summed E-state index contributed by atoms with van der Waals surface area (Å²) in [5.41, 5.74) is 6.54. The van der Waals surface area contributed by atoms with Crippen molar-refractivity contribution in [1.82, 2.24) is 15.0 Å².